The molecule has 1 fully saturated rings. The van der Waals surface area contributed by atoms with Crippen molar-refractivity contribution in [2.24, 2.45) is 5.92 Å². The fourth-order valence-corrected chi connectivity index (χ4v) is 4.64. The van der Waals surface area contributed by atoms with Crippen LogP contribution in [-0.4, -0.2) is 69.0 Å². The van der Waals surface area contributed by atoms with Crippen LogP contribution in [-0.2, 0) is 10.0 Å². The molecule has 1 heterocycles. The van der Waals surface area contributed by atoms with Crippen molar-refractivity contribution in [3.05, 3.63) is 24.3 Å². The summed E-state index contributed by atoms with van der Waals surface area (Å²) in [6, 6.07) is 6.12. The Morgan fingerprint density at radius 1 is 1.21 bits per heavy atom. The van der Waals surface area contributed by atoms with E-state index < -0.39 is 16.2 Å². The van der Waals surface area contributed by atoms with E-state index in [4.69, 9.17) is 4.74 Å². The van der Waals surface area contributed by atoms with Gasteiger partial charge in [-0.1, -0.05) is 13.8 Å². The van der Waals surface area contributed by atoms with Crippen molar-refractivity contribution < 1.29 is 17.9 Å². The average molecular weight is 355 g/mol. The van der Waals surface area contributed by atoms with E-state index in [0.717, 1.165) is 0 Å². The molecule has 0 spiro atoms. The number of nitrogens with zero attached hydrogens (tertiary/aromatic N) is 3. The zero-order valence-corrected chi connectivity index (χ0v) is 15.6. The minimum Gasteiger partial charge on any atom is -0.497 e. The topological polar surface area (TPSA) is 70.2 Å². The summed E-state index contributed by atoms with van der Waals surface area (Å²) in [4.78, 5) is 15.7. The normalized spacial score (nSPS) is 18.9. The molecule has 24 heavy (non-hydrogen) atoms. The molecule has 0 bridgehead atoms. The SMILES string of the molecule is COc1ccc(S(=O)(=O)N2CCN(C(=O)N(C)C)C2C(C)C)cc1. The van der Waals surface area contributed by atoms with Crippen LogP contribution in [0.2, 0.25) is 0 Å². The fourth-order valence-electron chi connectivity index (χ4n) is 2.93. The molecule has 0 aromatic heterocycles. The highest BCUT2D eigenvalue weighted by atomic mass is 32.2. The van der Waals surface area contributed by atoms with E-state index in [2.05, 4.69) is 0 Å². The number of carbonyl (C=O) groups excluding carboxylic acids is 1. The monoisotopic (exact) mass is 355 g/mol. The second-order valence-corrected chi connectivity index (χ2v) is 8.21. The van der Waals surface area contributed by atoms with Crippen LogP contribution in [0.3, 0.4) is 0 Å². The summed E-state index contributed by atoms with van der Waals surface area (Å²) < 4.78 is 32.5. The number of benzene rings is 1. The molecule has 1 aromatic rings. The Hall–Kier alpha value is -1.80. The second-order valence-electron chi connectivity index (χ2n) is 6.32. The predicted molar refractivity (Wildman–Crippen MR) is 91.3 cm³/mol. The number of carbonyl (C=O) groups is 1. The lowest BCUT2D eigenvalue weighted by Crippen LogP contribution is -2.50. The Morgan fingerprint density at radius 2 is 1.79 bits per heavy atom. The highest BCUT2D eigenvalue weighted by molar-refractivity contribution is 7.89. The molecule has 2 amide bonds. The van der Waals surface area contributed by atoms with Crippen molar-refractivity contribution in [2.45, 2.75) is 24.9 Å². The van der Waals surface area contributed by atoms with E-state index in [1.807, 2.05) is 13.8 Å². The Kier molecular flexibility index (Phi) is 5.39. The van der Waals surface area contributed by atoms with Crippen LogP contribution in [0.5, 0.6) is 5.75 Å². The maximum absolute atomic E-state index is 13.0. The minimum absolute atomic E-state index is 0.0237. The first-order chi connectivity index (χ1) is 11.2. The third-order valence-electron chi connectivity index (χ3n) is 4.07. The summed E-state index contributed by atoms with van der Waals surface area (Å²) in [5, 5.41) is 0. The molecule has 134 valence electrons. The number of hydrogen-bond donors (Lipinski definition) is 0. The number of sulfonamides is 1. The molecule has 0 aliphatic carbocycles. The van der Waals surface area contributed by atoms with Gasteiger partial charge in [0.15, 0.2) is 0 Å². The van der Waals surface area contributed by atoms with Crippen LogP contribution in [0.25, 0.3) is 0 Å². The van der Waals surface area contributed by atoms with Crippen molar-refractivity contribution in [3.8, 4) is 5.75 Å². The zero-order valence-electron chi connectivity index (χ0n) is 14.8. The summed E-state index contributed by atoms with van der Waals surface area (Å²) in [6.45, 7) is 4.51. The summed E-state index contributed by atoms with van der Waals surface area (Å²) in [5.74, 6) is 0.574. The van der Waals surface area contributed by atoms with Crippen molar-refractivity contribution in [1.82, 2.24) is 14.1 Å². The molecule has 1 unspecified atom stereocenters. The lowest BCUT2D eigenvalue weighted by molar-refractivity contribution is 0.129. The van der Waals surface area contributed by atoms with Gasteiger partial charge in [-0.05, 0) is 30.2 Å². The first-order valence-corrected chi connectivity index (χ1v) is 9.28. The van der Waals surface area contributed by atoms with E-state index in [-0.39, 0.29) is 23.4 Å². The summed E-state index contributed by atoms with van der Waals surface area (Å²) >= 11 is 0. The van der Waals surface area contributed by atoms with Gasteiger partial charge < -0.3 is 14.5 Å². The zero-order chi connectivity index (χ0) is 18.1. The Bertz CT molecular complexity index is 686. The highest BCUT2D eigenvalue weighted by Gasteiger charge is 2.44. The lowest BCUT2D eigenvalue weighted by Gasteiger charge is -2.34. The molecule has 7 nitrogen and oxygen atoms in total. The van der Waals surface area contributed by atoms with Crippen molar-refractivity contribution in [3.63, 3.8) is 0 Å². The molecule has 1 aliphatic rings. The van der Waals surface area contributed by atoms with E-state index in [1.54, 1.807) is 31.1 Å². The number of rotatable bonds is 4. The largest absolute Gasteiger partial charge is 0.497 e. The van der Waals surface area contributed by atoms with Gasteiger partial charge in [-0.2, -0.15) is 4.31 Å². The van der Waals surface area contributed by atoms with Gasteiger partial charge in [0.05, 0.1) is 12.0 Å². The van der Waals surface area contributed by atoms with E-state index in [9.17, 15) is 13.2 Å². The Balaban J connectivity index is 2.36. The van der Waals surface area contributed by atoms with E-state index >= 15 is 0 Å². The molecule has 1 aromatic carbocycles. The number of hydrogen-bond acceptors (Lipinski definition) is 4. The highest BCUT2D eigenvalue weighted by Crippen LogP contribution is 2.29. The van der Waals surface area contributed by atoms with Crippen LogP contribution in [0, 0.1) is 5.92 Å². The smallest absolute Gasteiger partial charge is 0.320 e. The average Bonchev–Trinajstić information content (AvgIpc) is 3.00. The minimum atomic E-state index is -3.68. The van der Waals surface area contributed by atoms with Gasteiger partial charge in [-0.15, -0.1) is 0 Å². The number of urea groups is 1. The molecule has 1 atom stereocenters. The fraction of sp³-hybridized carbons (Fsp3) is 0.562. The summed E-state index contributed by atoms with van der Waals surface area (Å²) in [6.07, 6.45) is -0.494. The quantitative estimate of drug-likeness (QED) is 0.824. The Labute approximate surface area is 143 Å². The summed E-state index contributed by atoms with van der Waals surface area (Å²) in [5.41, 5.74) is 0. The predicted octanol–water partition coefficient (Wildman–Crippen LogP) is 1.67. The number of ether oxygens (including phenoxy) is 1. The van der Waals surface area contributed by atoms with Gasteiger partial charge in [0.2, 0.25) is 10.0 Å². The van der Waals surface area contributed by atoms with Crippen LogP contribution in [0.15, 0.2) is 29.2 Å². The maximum atomic E-state index is 13.0. The number of amides is 2. The second kappa shape index (κ2) is 6.98. The van der Waals surface area contributed by atoms with Gasteiger partial charge in [-0.3, -0.25) is 0 Å². The van der Waals surface area contributed by atoms with Crippen molar-refractivity contribution in [1.29, 1.82) is 0 Å². The molecular formula is C16H25N3O4S. The van der Waals surface area contributed by atoms with E-state index in [0.29, 0.717) is 12.3 Å². The van der Waals surface area contributed by atoms with Crippen LogP contribution in [0.4, 0.5) is 4.79 Å². The van der Waals surface area contributed by atoms with Crippen LogP contribution in [0.1, 0.15) is 13.8 Å². The van der Waals surface area contributed by atoms with Gasteiger partial charge >= 0.3 is 6.03 Å². The van der Waals surface area contributed by atoms with Crippen molar-refractivity contribution >= 4 is 16.1 Å². The van der Waals surface area contributed by atoms with Crippen LogP contribution >= 0.6 is 0 Å². The molecule has 1 saturated heterocycles. The third-order valence-corrected chi connectivity index (χ3v) is 5.95. The molecule has 2 rings (SSSR count). The van der Waals surface area contributed by atoms with Gasteiger partial charge in [-0.25, -0.2) is 13.2 Å². The summed E-state index contributed by atoms with van der Waals surface area (Å²) in [7, 11) is 1.18. The molecule has 8 heteroatoms. The lowest BCUT2D eigenvalue weighted by atomic mass is 10.1. The molecular weight excluding hydrogens is 330 g/mol. The van der Waals surface area contributed by atoms with Crippen molar-refractivity contribution in [2.75, 3.05) is 34.3 Å². The molecule has 1 aliphatic heterocycles. The standard InChI is InChI=1S/C16H25N3O4S/c1-12(2)15-18(16(20)17(3)4)10-11-19(15)24(21,22)14-8-6-13(23-5)7-9-14/h6-9,12,15H,10-11H2,1-5H3. The van der Waals surface area contributed by atoms with Crippen LogP contribution < -0.4 is 4.74 Å². The van der Waals surface area contributed by atoms with Gasteiger partial charge in [0.1, 0.15) is 11.9 Å². The molecule has 0 N–H and O–H groups in total. The van der Waals surface area contributed by atoms with Gasteiger partial charge in [0.25, 0.3) is 0 Å². The maximum Gasteiger partial charge on any atom is 0.320 e. The number of methoxy groups -OCH3 is 1. The molecule has 0 radical (unpaired) electrons. The Morgan fingerprint density at radius 3 is 2.25 bits per heavy atom. The first kappa shape index (κ1) is 18.5. The van der Waals surface area contributed by atoms with Gasteiger partial charge in [0, 0.05) is 27.2 Å². The molecule has 0 saturated carbocycles. The first-order valence-electron chi connectivity index (χ1n) is 7.84. The van der Waals surface area contributed by atoms with E-state index in [1.165, 1.54) is 28.4 Å². The third kappa shape index (κ3) is 3.34.